The normalized spacial score (nSPS) is 12.4. The summed E-state index contributed by atoms with van der Waals surface area (Å²) in [6.45, 7) is 9.85. The predicted molar refractivity (Wildman–Crippen MR) is 152 cm³/mol. The number of nitrogens with one attached hydrogen (secondary N) is 2. The summed E-state index contributed by atoms with van der Waals surface area (Å²) in [5, 5.41) is 17.4. The van der Waals surface area contributed by atoms with Crippen LogP contribution in [0.4, 0.5) is 17.3 Å². The Balaban J connectivity index is 1.67. The van der Waals surface area contributed by atoms with Crippen LogP contribution in [0, 0.1) is 0 Å². The van der Waals surface area contributed by atoms with E-state index < -0.39 is 13.9 Å². The molecule has 0 unspecified atom stereocenters. The van der Waals surface area contributed by atoms with Gasteiger partial charge in [0, 0.05) is 30.3 Å². The van der Waals surface area contributed by atoms with E-state index >= 15 is 0 Å². The average Bonchev–Trinajstić information content (AvgIpc) is 3.10. The Bertz CT molecular complexity index is 1480. The Morgan fingerprint density at radius 2 is 1.81 bits per heavy atom. The molecular weight excluding hydrogens is 484 g/mol. The van der Waals surface area contributed by atoms with Gasteiger partial charge in [0.15, 0.2) is 14.0 Å². The molecule has 0 radical (unpaired) electrons. The van der Waals surface area contributed by atoms with Crippen molar-refractivity contribution < 1.29 is 9.90 Å². The van der Waals surface area contributed by atoms with Crippen LogP contribution >= 0.6 is 0 Å². The van der Waals surface area contributed by atoms with Gasteiger partial charge >= 0.3 is 0 Å². The molecule has 194 valence electrons. The number of hydrogen-bond acceptors (Lipinski definition) is 7. The van der Waals surface area contributed by atoms with E-state index in [2.05, 4.69) is 20.6 Å². The lowest BCUT2D eigenvalue weighted by atomic mass is 9.98. The number of fused-ring (bicyclic) bond motifs is 1. The number of allylic oxidation sites excluding steroid dienone is 1. The largest absolute Gasteiger partial charge is 0.432 e. The standard InChI is InChI=1S/C27H34N6O3Si/c1-6-15-32-25(34)23-18-29-26(30-21-12-10-20(11-13-21)28-14-16-37(4,5)36)31-24(23)33(32)22-9-7-8-19(17-22)27(2,3)35/h6-13,15,17-18,28,35-36H,14,16H2,1-5H3,(H,29,30,31)/b15-6+. The quantitative estimate of drug-likeness (QED) is 0.238. The second-order valence-corrected chi connectivity index (χ2v) is 14.3. The van der Waals surface area contributed by atoms with Crippen molar-refractivity contribution in [1.29, 1.82) is 0 Å². The molecule has 9 nitrogen and oxygen atoms in total. The molecule has 0 fully saturated rings. The summed E-state index contributed by atoms with van der Waals surface area (Å²) in [6.07, 6.45) is 4.99. The Kier molecular flexibility index (Phi) is 7.35. The molecule has 10 heteroatoms. The van der Waals surface area contributed by atoms with Gasteiger partial charge in [-0.15, -0.1) is 0 Å². The Morgan fingerprint density at radius 3 is 2.46 bits per heavy atom. The molecule has 0 atom stereocenters. The van der Waals surface area contributed by atoms with Gasteiger partial charge in [-0.25, -0.2) is 14.3 Å². The summed E-state index contributed by atoms with van der Waals surface area (Å²) in [5.41, 5.74) is 2.34. The second kappa shape index (κ2) is 10.3. The molecule has 2 heterocycles. The smallest absolute Gasteiger partial charge is 0.282 e. The zero-order valence-corrected chi connectivity index (χ0v) is 22.9. The van der Waals surface area contributed by atoms with E-state index in [-0.39, 0.29) is 5.56 Å². The monoisotopic (exact) mass is 518 g/mol. The lowest BCUT2D eigenvalue weighted by Gasteiger charge is -2.19. The van der Waals surface area contributed by atoms with Gasteiger partial charge in [-0.3, -0.25) is 4.79 Å². The first-order chi connectivity index (χ1) is 17.5. The van der Waals surface area contributed by atoms with E-state index in [0.717, 1.165) is 29.5 Å². The molecule has 4 N–H and O–H groups in total. The van der Waals surface area contributed by atoms with Crippen molar-refractivity contribution in [1.82, 2.24) is 19.3 Å². The maximum Gasteiger partial charge on any atom is 0.282 e. The van der Waals surface area contributed by atoms with Crippen molar-refractivity contribution in [3.8, 4) is 5.69 Å². The van der Waals surface area contributed by atoms with Crippen LogP contribution in [0.2, 0.25) is 19.1 Å². The topological polar surface area (TPSA) is 117 Å². The fraction of sp³-hybridized carbons (Fsp3) is 0.296. The summed E-state index contributed by atoms with van der Waals surface area (Å²) in [4.78, 5) is 32.2. The molecular formula is C27H34N6O3Si. The molecule has 0 bridgehead atoms. The van der Waals surface area contributed by atoms with E-state index in [0.29, 0.717) is 22.7 Å². The van der Waals surface area contributed by atoms with Crippen molar-refractivity contribution in [2.75, 3.05) is 17.2 Å². The van der Waals surface area contributed by atoms with Crippen molar-refractivity contribution in [3.63, 3.8) is 0 Å². The van der Waals surface area contributed by atoms with Gasteiger partial charge in [0.05, 0.1) is 11.3 Å². The molecule has 4 rings (SSSR count). The van der Waals surface area contributed by atoms with Crippen LogP contribution in [-0.2, 0) is 5.60 Å². The predicted octanol–water partition coefficient (Wildman–Crippen LogP) is 4.65. The molecule has 0 spiro atoms. The molecule has 0 aliphatic heterocycles. The summed E-state index contributed by atoms with van der Waals surface area (Å²) >= 11 is 0. The van der Waals surface area contributed by atoms with Gasteiger partial charge in [0.25, 0.3) is 5.56 Å². The minimum absolute atomic E-state index is 0.238. The highest BCUT2D eigenvalue weighted by Crippen LogP contribution is 2.25. The highest BCUT2D eigenvalue weighted by molar-refractivity contribution is 6.69. The van der Waals surface area contributed by atoms with Gasteiger partial charge in [-0.05, 0) is 81.9 Å². The third kappa shape index (κ3) is 6.16. The third-order valence-corrected chi connectivity index (χ3v) is 7.39. The first kappa shape index (κ1) is 26.3. The second-order valence-electron chi connectivity index (χ2n) is 10.2. The summed E-state index contributed by atoms with van der Waals surface area (Å²) in [7, 11) is -2.08. The van der Waals surface area contributed by atoms with Crippen LogP contribution in [0.1, 0.15) is 26.3 Å². The first-order valence-corrected chi connectivity index (χ1v) is 15.4. The zero-order valence-electron chi connectivity index (χ0n) is 21.9. The Hall–Kier alpha value is -3.73. The van der Waals surface area contributed by atoms with E-state index in [4.69, 9.17) is 0 Å². The zero-order chi connectivity index (χ0) is 26.8. The maximum absolute atomic E-state index is 13.2. The molecule has 0 saturated heterocycles. The fourth-order valence-electron chi connectivity index (χ4n) is 3.92. The lowest BCUT2D eigenvalue weighted by molar-refractivity contribution is 0.0786. The van der Waals surface area contributed by atoms with E-state index in [1.54, 1.807) is 30.8 Å². The molecule has 37 heavy (non-hydrogen) atoms. The number of anilines is 3. The fourth-order valence-corrected chi connectivity index (χ4v) is 4.65. The molecule has 2 aromatic carbocycles. The van der Waals surface area contributed by atoms with Crippen LogP contribution in [0.25, 0.3) is 22.9 Å². The maximum atomic E-state index is 13.2. The molecule has 2 aromatic heterocycles. The van der Waals surface area contributed by atoms with E-state index in [1.165, 1.54) is 10.9 Å². The lowest BCUT2D eigenvalue weighted by Crippen LogP contribution is -2.27. The molecule has 0 amide bonds. The van der Waals surface area contributed by atoms with E-state index in [1.807, 2.05) is 68.5 Å². The number of hydrogen-bond donors (Lipinski definition) is 4. The van der Waals surface area contributed by atoms with Gasteiger partial charge in [-0.1, -0.05) is 18.2 Å². The molecule has 0 aliphatic carbocycles. The van der Waals surface area contributed by atoms with Crippen LogP contribution in [-0.4, -0.2) is 44.1 Å². The number of aliphatic hydroxyl groups is 1. The highest BCUT2D eigenvalue weighted by Gasteiger charge is 2.20. The number of aromatic nitrogens is 4. The Labute approximate surface area is 217 Å². The first-order valence-electron chi connectivity index (χ1n) is 12.3. The SMILES string of the molecule is C/C=C/n1c(=O)c2cnc(Nc3ccc(NCC[Si](C)(C)O)cc3)nc2n1-c1cccc(C(C)(C)O)c1. The van der Waals surface area contributed by atoms with Crippen LogP contribution < -0.4 is 16.2 Å². The summed E-state index contributed by atoms with van der Waals surface area (Å²) in [6, 6.07) is 15.9. The van der Waals surface area contributed by atoms with Gasteiger partial charge in [0.1, 0.15) is 5.39 Å². The number of nitrogens with zero attached hydrogens (tertiary/aromatic N) is 4. The van der Waals surface area contributed by atoms with Crippen molar-refractivity contribution >= 4 is 42.9 Å². The minimum Gasteiger partial charge on any atom is -0.432 e. The van der Waals surface area contributed by atoms with E-state index in [9.17, 15) is 14.7 Å². The number of rotatable bonds is 9. The molecule has 0 aliphatic rings. The van der Waals surface area contributed by atoms with Crippen LogP contribution in [0.5, 0.6) is 0 Å². The molecule has 0 saturated carbocycles. The van der Waals surface area contributed by atoms with Crippen LogP contribution in [0.3, 0.4) is 0 Å². The summed E-state index contributed by atoms with van der Waals surface area (Å²) in [5.74, 6) is 0.353. The average molecular weight is 519 g/mol. The molecule has 4 aromatic rings. The third-order valence-electron chi connectivity index (χ3n) is 5.92. The van der Waals surface area contributed by atoms with Gasteiger partial charge < -0.3 is 20.5 Å². The Morgan fingerprint density at radius 1 is 1.11 bits per heavy atom. The number of benzene rings is 2. The van der Waals surface area contributed by atoms with Crippen molar-refractivity contribution in [2.24, 2.45) is 0 Å². The van der Waals surface area contributed by atoms with Crippen molar-refractivity contribution in [2.45, 2.75) is 45.5 Å². The van der Waals surface area contributed by atoms with Crippen molar-refractivity contribution in [3.05, 3.63) is 76.7 Å². The highest BCUT2D eigenvalue weighted by atomic mass is 28.4. The van der Waals surface area contributed by atoms with Gasteiger partial charge in [-0.2, -0.15) is 4.98 Å². The minimum atomic E-state index is -2.08. The van der Waals surface area contributed by atoms with Crippen LogP contribution in [0.15, 0.2) is 65.6 Å². The summed E-state index contributed by atoms with van der Waals surface area (Å²) < 4.78 is 3.21. The van der Waals surface area contributed by atoms with Gasteiger partial charge in [0.2, 0.25) is 5.95 Å².